The van der Waals surface area contributed by atoms with Gasteiger partial charge in [-0.25, -0.2) is 0 Å². The van der Waals surface area contributed by atoms with Crippen molar-refractivity contribution in [3.05, 3.63) is 23.8 Å². The summed E-state index contributed by atoms with van der Waals surface area (Å²) >= 11 is 0. The zero-order chi connectivity index (χ0) is 16.9. The number of ether oxygens (including phenoxy) is 2. The Morgan fingerprint density at radius 1 is 1.12 bits per heavy atom. The summed E-state index contributed by atoms with van der Waals surface area (Å²) in [7, 11) is 3.33. The van der Waals surface area contributed by atoms with Crippen LogP contribution in [0.25, 0.3) is 0 Å². The molecule has 0 saturated carbocycles. The summed E-state index contributed by atoms with van der Waals surface area (Å²) in [5, 5.41) is 3.27. The monoisotopic (exact) mass is 333 g/mol. The molecule has 6 nitrogen and oxygen atoms in total. The fourth-order valence-electron chi connectivity index (χ4n) is 3.47. The molecule has 132 valence electrons. The average molecular weight is 333 g/mol. The van der Waals surface area contributed by atoms with Crippen molar-refractivity contribution in [2.75, 3.05) is 53.5 Å². The average Bonchev–Trinajstić information content (AvgIpc) is 3.16. The van der Waals surface area contributed by atoms with Gasteiger partial charge in [0.05, 0.1) is 20.1 Å². The number of hydrogen-bond donors (Lipinski definition) is 1. The van der Waals surface area contributed by atoms with Gasteiger partial charge in [0.2, 0.25) is 5.91 Å². The molecule has 2 heterocycles. The van der Waals surface area contributed by atoms with Crippen LogP contribution in [-0.4, -0.2) is 69.2 Å². The normalized spacial score (nSPS) is 21.8. The Labute approximate surface area is 143 Å². The third-order valence-corrected chi connectivity index (χ3v) is 4.91. The Bertz CT molecular complexity index is 542. The molecule has 3 rings (SSSR count). The standard InChI is InChI=1S/C18H27N3O3/c1-23-16-9-14(10-17(11-16)24-2)13-20-5-7-21(8-6-20)18(22)15-3-4-19-12-15/h9-11,15,19H,3-8,12-13H2,1-2H3. The molecule has 0 aromatic heterocycles. The van der Waals surface area contributed by atoms with Crippen LogP contribution in [-0.2, 0) is 11.3 Å². The lowest BCUT2D eigenvalue weighted by molar-refractivity contribution is -0.136. The molecular formula is C18H27N3O3. The SMILES string of the molecule is COc1cc(CN2CCN(C(=O)C3CCNC3)CC2)cc(OC)c1. The van der Waals surface area contributed by atoms with E-state index in [0.717, 1.165) is 63.7 Å². The third kappa shape index (κ3) is 3.99. The topological polar surface area (TPSA) is 54.0 Å². The Kier molecular flexibility index (Phi) is 5.58. The second-order valence-electron chi connectivity index (χ2n) is 6.51. The zero-order valence-corrected chi connectivity index (χ0v) is 14.6. The van der Waals surface area contributed by atoms with Crippen LogP contribution < -0.4 is 14.8 Å². The van der Waals surface area contributed by atoms with Crippen LogP contribution in [0, 0.1) is 5.92 Å². The summed E-state index contributed by atoms with van der Waals surface area (Å²) in [6.07, 6.45) is 0.975. The summed E-state index contributed by atoms with van der Waals surface area (Å²) in [6, 6.07) is 5.98. The first-order valence-electron chi connectivity index (χ1n) is 8.63. The predicted octanol–water partition coefficient (Wildman–Crippen LogP) is 0.958. The lowest BCUT2D eigenvalue weighted by Crippen LogP contribution is -2.50. The van der Waals surface area contributed by atoms with Gasteiger partial charge in [-0.2, -0.15) is 0 Å². The highest BCUT2D eigenvalue weighted by Gasteiger charge is 2.29. The number of rotatable bonds is 5. The molecule has 2 aliphatic heterocycles. The van der Waals surface area contributed by atoms with Crippen LogP contribution >= 0.6 is 0 Å². The van der Waals surface area contributed by atoms with Crippen LogP contribution in [0.2, 0.25) is 0 Å². The molecule has 0 spiro atoms. The minimum Gasteiger partial charge on any atom is -0.497 e. The molecule has 2 fully saturated rings. The molecule has 2 saturated heterocycles. The van der Waals surface area contributed by atoms with Gasteiger partial charge in [0.25, 0.3) is 0 Å². The first kappa shape index (κ1) is 17.0. The highest BCUT2D eigenvalue weighted by Crippen LogP contribution is 2.24. The quantitative estimate of drug-likeness (QED) is 0.870. The van der Waals surface area contributed by atoms with Gasteiger partial charge in [0.15, 0.2) is 0 Å². The Morgan fingerprint density at radius 3 is 2.33 bits per heavy atom. The highest BCUT2D eigenvalue weighted by atomic mass is 16.5. The lowest BCUT2D eigenvalue weighted by Gasteiger charge is -2.36. The van der Waals surface area contributed by atoms with Gasteiger partial charge < -0.3 is 19.7 Å². The minimum atomic E-state index is 0.180. The van der Waals surface area contributed by atoms with Crippen LogP contribution in [0.15, 0.2) is 18.2 Å². The van der Waals surface area contributed by atoms with Crippen molar-refractivity contribution in [1.82, 2.24) is 15.1 Å². The molecule has 1 amide bonds. The van der Waals surface area contributed by atoms with E-state index in [1.165, 1.54) is 5.56 Å². The highest BCUT2D eigenvalue weighted by molar-refractivity contribution is 5.79. The number of methoxy groups -OCH3 is 2. The van der Waals surface area contributed by atoms with Crippen molar-refractivity contribution in [2.45, 2.75) is 13.0 Å². The summed E-state index contributed by atoms with van der Waals surface area (Å²) in [4.78, 5) is 16.9. The van der Waals surface area contributed by atoms with E-state index in [0.29, 0.717) is 5.91 Å². The van der Waals surface area contributed by atoms with Crippen LogP contribution in [0.4, 0.5) is 0 Å². The third-order valence-electron chi connectivity index (χ3n) is 4.91. The van der Waals surface area contributed by atoms with E-state index in [1.807, 2.05) is 23.1 Å². The molecule has 1 N–H and O–H groups in total. The minimum absolute atomic E-state index is 0.180. The Morgan fingerprint density at radius 2 is 1.79 bits per heavy atom. The van der Waals surface area contributed by atoms with Gasteiger partial charge >= 0.3 is 0 Å². The Hall–Kier alpha value is -1.79. The van der Waals surface area contributed by atoms with Crippen molar-refractivity contribution in [3.63, 3.8) is 0 Å². The van der Waals surface area contributed by atoms with E-state index >= 15 is 0 Å². The number of benzene rings is 1. The second kappa shape index (κ2) is 7.85. The maximum atomic E-state index is 12.5. The largest absolute Gasteiger partial charge is 0.497 e. The Balaban J connectivity index is 1.54. The summed E-state index contributed by atoms with van der Waals surface area (Å²) in [5.74, 6) is 2.13. The van der Waals surface area contributed by atoms with Crippen LogP contribution in [0.5, 0.6) is 11.5 Å². The van der Waals surface area contributed by atoms with Gasteiger partial charge in [-0.3, -0.25) is 9.69 Å². The molecule has 1 aromatic rings. The van der Waals surface area contributed by atoms with Crippen molar-refractivity contribution < 1.29 is 14.3 Å². The maximum absolute atomic E-state index is 12.5. The lowest BCUT2D eigenvalue weighted by atomic mass is 10.1. The van der Waals surface area contributed by atoms with E-state index in [2.05, 4.69) is 10.2 Å². The fraction of sp³-hybridized carbons (Fsp3) is 0.611. The number of nitrogens with one attached hydrogen (secondary N) is 1. The molecule has 6 heteroatoms. The molecule has 1 aromatic carbocycles. The first-order valence-corrected chi connectivity index (χ1v) is 8.63. The fourth-order valence-corrected chi connectivity index (χ4v) is 3.47. The van der Waals surface area contributed by atoms with Crippen LogP contribution in [0.3, 0.4) is 0 Å². The van der Waals surface area contributed by atoms with E-state index in [-0.39, 0.29) is 5.92 Å². The van der Waals surface area contributed by atoms with Crippen molar-refractivity contribution in [1.29, 1.82) is 0 Å². The van der Waals surface area contributed by atoms with E-state index in [1.54, 1.807) is 14.2 Å². The number of hydrogen-bond acceptors (Lipinski definition) is 5. The molecule has 2 aliphatic rings. The second-order valence-corrected chi connectivity index (χ2v) is 6.51. The molecule has 24 heavy (non-hydrogen) atoms. The number of carbonyl (C=O) groups is 1. The number of carbonyl (C=O) groups excluding carboxylic acids is 1. The summed E-state index contributed by atoms with van der Waals surface area (Å²) in [5.41, 5.74) is 1.17. The maximum Gasteiger partial charge on any atom is 0.227 e. The number of nitrogens with zero attached hydrogens (tertiary/aromatic N) is 2. The first-order chi connectivity index (χ1) is 11.7. The van der Waals surface area contributed by atoms with E-state index in [4.69, 9.17) is 9.47 Å². The molecule has 0 radical (unpaired) electrons. The summed E-state index contributed by atoms with van der Waals surface area (Å²) < 4.78 is 10.7. The molecular weight excluding hydrogens is 306 g/mol. The van der Waals surface area contributed by atoms with Crippen LogP contribution in [0.1, 0.15) is 12.0 Å². The molecule has 0 bridgehead atoms. The van der Waals surface area contributed by atoms with Gasteiger partial charge in [0, 0.05) is 45.3 Å². The molecule has 1 atom stereocenters. The van der Waals surface area contributed by atoms with Gasteiger partial charge in [-0.15, -0.1) is 0 Å². The number of piperazine rings is 1. The van der Waals surface area contributed by atoms with E-state index < -0.39 is 0 Å². The van der Waals surface area contributed by atoms with Gasteiger partial charge in [-0.05, 0) is 30.7 Å². The summed E-state index contributed by atoms with van der Waals surface area (Å²) in [6.45, 7) is 6.10. The molecule has 1 unspecified atom stereocenters. The smallest absolute Gasteiger partial charge is 0.227 e. The predicted molar refractivity (Wildman–Crippen MR) is 92.4 cm³/mol. The zero-order valence-electron chi connectivity index (χ0n) is 14.6. The number of amides is 1. The van der Waals surface area contributed by atoms with Crippen molar-refractivity contribution in [2.24, 2.45) is 5.92 Å². The molecule has 0 aliphatic carbocycles. The van der Waals surface area contributed by atoms with Gasteiger partial charge in [-0.1, -0.05) is 0 Å². The van der Waals surface area contributed by atoms with Gasteiger partial charge in [0.1, 0.15) is 11.5 Å². The van der Waals surface area contributed by atoms with E-state index in [9.17, 15) is 4.79 Å². The van der Waals surface area contributed by atoms with Crippen molar-refractivity contribution in [3.8, 4) is 11.5 Å². The van der Waals surface area contributed by atoms with Crippen molar-refractivity contribution >= 4 is 5.91 Å².